The molecule has 1 aliphatic rings. The zero-order valence-electron chi connectivity index (χ0n) is 8.17. The van der Waals surface area contributed by atoms with Crippen LogP contribution in [0.2, 0.25) is 0 Å². The van der Waals surface area contributed by atoms with Crippen molar-refractivity contribution in [3.05, 3.63) is 24.3 Å². The van der Waals surface area contributed by atoms with Gasteiger partial charge >= 0.3 is 11.9 Å². The summed E-state index contributed by atoms with van der Waals surface area (Å²) >= 11 is 0. The highest BCUT2D eigenvalue weighted by molar-refractivity contribution is 5.75. The van der Waals surface area contributed by atoms with Crippen LogP contribution in [-0.2, 0) is 19.4 Å². The molecule has 0 unspecified atom stereocenters. The molecule has 1 aliphatic heterocycles. The van der Waals surface area contributed by atoms with Crippen LogP contribution in [0.3, 0.4) is 0 Å². The number of hydrogen-bond acceptors (Lipinski definition) is 6. The van der Waals surface area contributed by atoms with E-state index in [1.807, 2.05) is 0 Å². The Morgan fingerprint density at radius 2 is 1.38 bits per heavy atom. The van der Waals surface area contributed by atoms with Crippen molar-refractivity contribution in [1.82, 2.24) is 0 Å². The van der Waals surface area contributed by atoms with Crippen LogP contribution in [0.15, 0.2) is 24.3 Å². The van der Waals surface area contributed by atoms with Crippen LogP contribution in [0.25, 0.3) is 0 Å². The number of fused-ring (bicyclic) bond motifs is 2. The minimum Gasteiger partial charge on any atom is -0.425 e. The van der Waals surface area contributed by atoms with Crippen LogP contribution in [0.4, 0.5) is 0 Å². The first kappa shape index (κ1) is 10.6. The summed E-state index contributed by atoms with van der Waals surface area (Å²) in [5, 5.41) is 0. The molecule has 2 rings (SSSR count). The second-order valence-electron chi connectivity index (χ2n) is 2.95. The van der Waals surface area contributed by atoms with E-state index in [4.69, 9.17) is 9.47 Å². The smallest absolute Gasteiger partial charge is 0.340 e. The van der Waals surface area contributed by atoms with Gasteiger partial charge in [-0.25, -0.2) is 19.4 Å². The van der Waals surface area contributed by atoms with Crippen LogP contribution in [0.5, 0.6) is 11.5 Å². The van der Waals surface area contributed by atoms with E-state index < -0.39 is 25.2 Å². The van der Waals surface area contributed by atoms with Gasteiger partial charge in [-0.3, -0.25) is 0 Å². The second kappa shape index (κ2) is 4.73. The summed E-state index contributed by atoms with van der Waals surface area (Å²) in [5.74, 6) is -0.681. The van der Waals surface area contributed by atoms with E-state index in [-0.39, 0.29) is 11.5 Å². The molecule has 1 aromatic rings. The number of carbonyl (C=O) groups is 2. The number of rotatable bonds is 0. The van der Waals surface area contributed by atoms with Crippen molar-refractivity contribution < 1.29 is 28.8 Å². The molecule has 0 fully saturated rings. The summed E-state index contributed by atoms with van der Waals surface area (Å²) in [5.41, 5.74) is 0. The maximum atomic E-state index is 11.1. The summed E-state index contributed by atoms with van der Waals surface area (Å²) < 4.78 is 9.77. The summed E-state index contributed by atoms with van der Waals surface area (Å²) in [6.45, 7) is -0.783. The average Bonchev–Trinajstić information content (AvgIpc) is 2.25. The Morgan fingerprint density at radius 3 is 1.88 bits per heavy atom. The maximum Gasteiger partial charge on any atom is 0.340 e. The van der Waals surface area contributed by atoms with E-state index in [0.717, 1.165) is 0 Å². The molecular formula is C10H8O6. The third kappa shape index (κ3) is 2.78. The van der Waals surface area contributed by atoms with Crippen LogP contribution in [0, 0.1) is 0 Å². The van der Waals surface area contributed by atoms with Crippen molar-refractivity contribution in [2.45, 2.75) is 0 Å². The van der Waals surface area contributed by atoms with Gasteiger partial charge in [0, 0.05) is 6.07 Å². The predicted molar refractivity (Wildman–Crippen MR) is 49.6 cm³/mol. The molecule has 6 heteroatoms. The van der Waals surface area contributed by atoms with E-state index in [1.165, 1.54) is 6.07 Å². The fourth-order valence-corrected chi connectivity index (χ4v) is 1.10. The Hall–Kier alpha value is -1.92. The van der Waals surface area contributed by atoms with Crippen molar-refractivity contribution in [3.63, 3.8) is 0 Å². The molecule has 0 aliphatic carbocycles. The summed E-state index contributed by atoms with van der Waals surface area (Å²) in [7, 11) is 0. The van der Waals surface area contributed by atoms with Crippen molar-refractivity contribution in [1.29, 1.82) is 0 Å². The standard InChI is InChI=1S/C10H8O6/c11-9-5-13-14-6-10(12)16-8-3-1-2-7(4-8)15-9/h1-4H,5-6H2. The minimum absolute atomic E-state index is 0.279. The molecule has 0 atom stereocenters. The lowest BCUT2D eigenvalue weighted by Gasteiger charge is -2.04. The first-order valence-corrected chi connectivity index (χ1v) is 4.50. The molecule has 0 aromatic heterocycles. The van der Waals surface area contributed by atoms with Crippen molar-refractivity contribution in [2.24, 2.45) is 0 Å². The molecule has 0 spiro atoms. The van der Waals surface area contributed by atoms with Gasteiger partial charge in [-0.15, -0.1) is 0 Å². The van der Waals surface area contributed by atoms with Gasteiger partial charge in [-0.05, 0) is 12.1 Å². The lowest BCUT2D eigenvalue weighted by atomic mass is 10.3. The molecule has 0 saturated carbocycles. The fraction of sp³-hybridized carbons (Fsp3) is 0.200. The number of esters is 2. The Balaban J connectivity index is 2.22. The van der Waals surface area contributed by atoms with Gasteiger partial charge in [-0.2, -0.15) is 0 Å². The first-order valence-electron chi connectivity index (χ1n) is 4.50. The maximum absolute atomic E-state index is 11.1. The normalized spacial score (nSPS) is 17.0. The first-order chi connectivity index (χ1) is 7.74. The van der Waals surface area contributed by atoms with E-state index in [1.54, 1.807) is 18.2 Å². The average molecular weight is 224 g/mol. The van der Waals surface area contributed by atoms with Gasteiger partial charge in [0.1, 0.15) is 11.5 Å². The van der Waals surface area contributed by atoms with Crippen molar-refractivity contribution in [3.8, 4) is 11.5 Å². The molecule has 0 amide bonds. The molecule has 1 aromatic carbocycles. The van der Waals surface area contributed by atoms with E-state index >= 15 is 0 Å². The third-order valence-electron chi connectivity index (χ3n) is 1.71. The molecule has 84 valence electrons. The topological polar surface area (TPSA) is 71.1 Å². The number of ether oxygens (including phenoxy) is 2. The zero-order valence-corrected chi connectivity index (χ0v) is 8.17. The van der Waals surface area contributed by atoms with Gasteiger partial charge in [0.05, 0.1) is 0 Å². The lowest BCUT2D eigenvalue weighted by Crippen LogP contribution is -2.18. The van der Waals surface area contributed by atoms with E-state index in [2.05, 4.69) is 9.78 Å². The predicted octanol–water partition coefficient (Wildman–Crippen LogP) is 0.459. The molecule has 16 heavy (non-hydrogen) atoms. The summed E-state index contributed by atoms with van der Waals surface area (Å²) in [6.07, 6.45) is 0. The molecular weight excluding hydrogens is 216 g/mol. The number of hydrogen-bond donors (Lipinski definition) is 0. The largest absolute Gasteiger partial charge is 0.425 e. The van der Waals surface area contributed by atoms with Gasteiger partial charge in [0.25, 0.3) is 0 Å². The number of carbonyl (C=O) groups excluding carboxylic acids is 2. The molecule has 0 N–H and O–H groups in total. The Bertz CT molecular complexity index is 378. The Morgan fingerprint density at radius 1 is 0.875 bits per heavy atom. The highest BCUT2D eigenvalue weighted by Crippen LogP contribution is 2.20. The Labute approximate surface area is 90.6 Å². The SMILES string of the molecule is O=C1COOCC(=O)Oc2cccc(c2)O1. The molecule has 6 nitrogen and oxygen atoms in total. The molecule has 1 heterocycles. The van der Waals surface area contributed by atoms with Gasteiger partial charge in [0.2, 0.25) is 0 Å². The van der Waals surface area contributed by atoms with Gasteiger partial charge in [0.15, 0.2) is 13.2 Å². The summed E-state index contributed by atoms with van der Waals surface area (Å²) in [6, 6.07) is 6.16. The third-order valence-corrected chi connectivity index (χ3v) is 1.71. The number of benzene rings is 1. The fourth-order valence-electron chi connectivity index (χ4n) is 1.10. The van der Waals surface area contributed by atoms with Gasteiger partial charge < -0.3 is 9.47 Å². The van der Waals surface area contributed by atoms with Crippen LogP contribution >= 0.6 is 0 Å². The van der Waals surface area contributed by atoms with Crippen LogP contribution in [0.1, 0.15) is 0 Å². The highest BCUT2D eigenvalue weighted by atomic mass is 17.2. The van der Waals surface area contributed by atoms with Crippen LogP contribution in [-0.4, -0.2) is 25.2 Å². The lowest BCUT2D eigenvalue weighted by molar-refractivity contribution is -0.288. The Kier molecular flexibility index (Phi) is 3.13. The molecule has 2 bridgehead atoms. The quantitative estimate of drug-likeness (QED) is 0.362. The zero-order chi connectivity index (χ0) is 11.4. The van der Waals surface area contributed by atoms with Gasteiger partial charge in [-0.1, -0.05) is 6.07 Å². The highest BCUT2D eigenvalue weighted by Gasteiger charge is 2.12. The summed E-state index contributed by atoms with van der Waals surface area (Å²) in [4.78, 5) is 31.2. The minimum atomic E-state index is -0.619. The molecule has 0 saturated heterocycles. The van der Waals surface area contributed by atoms with E-state index in [9.17, 15) is 9.59 Å². The monoisotopic (exact) mass is 224 g/mol. The van der Waals surface area contributed by atoms with Crippen molar-refractivity contribution >= 4 is 11.9 Å². The molecule has 0 radical (unpaired) electrons. The van der Waals surface area contributed by atoms with Crippen molar-refractivity contribution in [2.75, 3.05) is 13.2 Å². The van der Waals surface area contributed by atoms with E-state index in [0.29, 0.717) is 0 Å². The second-order valence-corrected chi connectivity index (χ2v) is 2.95. The van der Waals surface area contributed by atoms with Crippen LogP contribution < -0.4 is 9.47 Å².